The summed E-state index contributed by atoms with van der Waals surface area (Å²) in [5.41, 5.74) is 1.18. The first-order chi connectivity index (χ1) is 9.49. The number of nitrogens with zero attached hydrogens (tertiary/aromatic N) is 1. The second-order valence-electron chi connectivity index (χ2n) is 4.19. The Labute approximate surface area is 126 Å². The number of nitro groups is 1. The zero-order chi connectivity index (χ0) is 14.7. The predicted molar refractivity (Wildman–Crippen MR) is 78.6 cm³/mol. The normalized spacial score (nSPS) is 10.3. The van der Waals surface area contributed by atoms with Gasteiger partial charge in [-0.25, -0.2) is 0 Å². The lowest BCUT2D eigenvalue weighted by molar-refractivity contribution is -0.385. The van der Waals surface area contributed by atoms with E-state index >= 15 is 0 Å². The highest BCUT2D eigenvalue weighted by molar-refractivity contribution is 6.31. The van der Waals surface area contributed by atoms with E-state index in [0.717, 1.165) is 5.56 Å². The van der Waals surface area contributed by atoms with Gasteiger partial charge >= 0.3 is 0 Å². The monoisotopic (exact) mass is 311 g/mol. The van der Waals surface area contributed by atoms with Crippen molar-refractivity contribution in [3.05, 3.63) is 67.7 Å². The summed E-state index contributed by atoms with van der Waals surface area (Å²) < 4.78 is 5.60. The third-order valence-electron chi connectivity index (χ3n) is 2.81. The number of nitro benzene ring substituents is 1. The van der Waals surface area contributed by atoms with Crippen LogP contribution in [0.3, 0.4) is 0 Å². The molecule has 0 fully saturated rings. The van der Waals surface area contributed by atoms with Crippen molar-refractivity contribution in [3.63, 3.8) is 0 Å². The van der Waals surface area contributed by atoms with Gasteiger partial charge in [-0.2, -0.15) is 0 Å². The van der Waals surface area contributed by atoms with Gasteiger partial charge in [-0.3, -0.25) is 10.1 Å². The summed E-state index contributed by atoms with van der Waals surface area (Å²) in [4.78, 5) is 10.5. The van der Waals surface area contributed by atoms with Crippen LogP contribution in [0.2, 0.25) is 10.0 Å². The van der Waals surface area contributed by atoms with Gasteiger partial charge in [-0.05, 0) is 30.7 Å². The van der Waals surface area contributed by atoms with Crippen molar-refractivity contribution in [1.82, 2.24) is 0 Å². The average molecular weight is 312 g/mol. The van der Waals surface area contributed by atoms with Crippen LogP contribution in [0.4, 0.5) is 5.69 Å². The Kier molecular flexibility index (Phi) is 4.47. The fourth-order valence-electron chi connectivity index (χ4n) is 1.74. The van der Waals surface area contributed by atoms with Crippen LogP contribution < -0.4 is 4.74 Å². The van der Waals surface area contributed by atoms with Gasteiger partial charge in [0.05, 0.1) is 15.5 Å². The molecule has 2 aromatic rings. The summed E-state index contributed by atoms with van der Waals surface area (Å²) in [6, 6.07) is 9.77. The number of aryl methyl sites for hydroxylation is 1. The number of rotatable bonds is 4. The predicted octanol–water partition coefficient (Wildman–Crippen LogP) is 4.79. The van der Waals surface area contributed by atoms with E-state index in [-0.39, 0.29) is 12.3 Å². The Bertz CT molecular complexity index is 659. The van der Waals surface area contributed by atoms with Gasteiger partial charge in [-0.1, -0.05) is 35.3 Å². The van der Waals surface area contributed by atoms with Crippen molar-refractivity contribution in [2.75, 3.05) is 0 Å². The highest BCUT2D eigenvalue weighted by atomic mass is 35.5. The smallest absolute Gasteiger partial charge is 0.277 e. The van der Waals surface area contributed by atoms with Gasteiger partial charge < -0.3 is 4.74 Å². The summed E-state index contributed by atoms with van der Waals surface area (Å²) in [7, 11) is 0. The Balaban J connectivity index is 2.27. The lowest BCUT2D eigenvalue weighted by Gasteiger charge is -2.10. The van der Waals surface area contributed by atoms with E-state index in [2.05, 4.69) is 0 Å². The van der Waals surface area contributed by atoms with Crippen molar-refractivity contribution >= 4 is 28.9 Å². The average Bonchev–Trinajstić information content (AvgIpc) is 2.40. The van der Waals surface area contributed by atoms with E-state index in [9.17, 15) is 10.1 Å². The molecule has 104 valence electrons. The van der Waals surface area contributed by atoms with E-state index in [0.29, 0.717) is 21.4 Å². The lowest BCUT2D eigenvalue weighted by Crippen LogP contribution is -2.02. The molecule has 0 saturated heterocycles. The van der Waals surface area contributed by atoms with Crippen LogP contribution in [0, 0.1) is 17.0 Å². The van der Waals surface area contributed by atoms with Gasteiger partial charge in [0.1, 0.15) is 12.4 Å². The Hall–Kier alpha value is -1.78. The summed E-state index contributed by atoms with van der Waals surface area (Å²) in [6.07, 6.45) is 0. The van der Waals surface area contributed by atoms with Crippen molar-refractivity contribution in [3.8, 4) is 5.75 Å². The number of hydrogen-bond donors (Lipinski definition) is 0. The standard InChI is InChI=1S/C14H11Cl2NO3/c1-9-5-6-10(15)7-14(9)20-8-11-12(16)3-2-4-13(11)17(18)19/h2-7H,8H2,1H3. The first-order valence-corrected chi connectivity index (χ1v) is 6.55. The minimum absolute atomic E-state index is 0.0111. The molecule has 0 aliphatic rings. The summed E-state index contributed by atoms with van der Waals surface area (Å²) >= 11 is 11.9. The molecule has 20 heavy (non-hydrogen) atoms. The maximum atomic E-state index is 11.0. The fourth-order valence-corrected chi connectivity index (χ4v) is 2.13. The van der Waals surface area contributed by atoms with Crippen LogP contribution in [0.25, 0.3) is 0 Å². The van der Waals surface area contributed by atoms with Crippen LogP contribution in [-0.4, -0.2) is 4.92 Å². The molecule has 0 spiro atoms. The molecule has 6 heteroatoms. The van der Waals surface area contributed by atoms with Gasteiger partial charge in [0.2, 0.25) is 0 Å². The molecule has 0 N–H and O–H groups in total. The Morgan fingerprint density at radius 2 is 2.00 bits per heavy atom. The van der Waals surface area contributed by atoms with E-state index in [1.54, 1.807) is 18.2 Å². The second kappa shape index (κ2) is 6.11. The first kappa shape index (κ1) is 14.6. The minimum Gasteiger partial charge on any atom is -0.488 e. The highest BCUT2D eigenvalue weighted by Crippen LogP contribution is 2.29. The Morgan fingerprint density at radius 1 is 1.25 bits per heavy atom. The van der Waals surface area contributed by atoms with Crippen LogP contribution in [0.5, 0.6) is 5.75 Å². The molecule has 0 aliphatic carbocycles. The van der Waals surface area contributed by atoms with Gasteiger partial charge in [0.25, 0.3) is 5.69 Å². The molecule has 4 nitrogen and oxygen atoms in total. The zero-order valence-electron chi connectivity index (χ0n) is 10.6. The summed E-state index contributed by atoms with van der Waals surface area (Å²) in [5.74, 6) is 0.576. The molecule has 0 saturated carbocycles. The molecule has 0 unspecified atom stereocenters. The minimum atomic E-state index is -0.477. The fraction of sp³-hybridized carbons (Fsp3) is 0.143. The van der Waals surface area contributed by atoms with Crippen LogP contribution >= 0.6 is 23.2 Å². The molecule has 0 aromatic heterocycles. The molecule has 0 heterocycles. The zero-order valence-corrected chi connectivity index (χ0v) is 12.1. The van der Waals surface area contributed by atoms with Crippen LogP contribution in [0.15, 0.2) is 36.4 Å². The highest BCUT2D eigenvalue weighted by Gasteiger charge is 2.17. The third-order valence-corrected chi connectivity index (χ3v) is 3.40. The van der Waals surface area contributed by atoms with Crippen LogP contribution in [0.1, 0.15) is 11.1 Å². The van der Waals surface area contributed by atoms with Gasteiger partial charge in [0.15, 0.2) is 0 Å². The molecule has 2 aromatic carbocycles. The number of halogens is 2. The van der Waals surface area contributed by atoms with E-state index in [4.69, 9.17) is 27.9 Å². The topological polar surface area (TPSA) is 52.4 Å². The molecular weight excluding hydrogens is 301 g/mol. The van der Waals surface area contributed by atoms with Crippen molar-refractivity contribution in [2.45, 2.75) is 13.5 Å². The van der Waals surface area contributed by atoms with E-state index in [1.165, 1.54) is 12.1 Å². The maximum absolute atomic E-state index is 11.0. The van der Waals surface area contributed by atoms with Crippen LogP contribution in [-0.2, 0) is 6.61 Å². The second-order valence-corrected chi connectivity index (χ2v) is 5.04. The third kappa shape index (κ3) is 3.21. The first-order valence-electron chi connectivity index (χ1n) is 5.80. The van der Waals surface area contributed by atoms with Crippen molar-refractivity contribution < 1.29 is 9.66 Å². The Morgan fingerprint density at radius 3 is 2.70 bits per heavy atom. The number of hydrogen-bond acceptors (Lipinski definition) is 3. The summed E-state index contributed by atoms with van der Waals surface area (Å²) in [5, 5.41) is 11.8. The van der Waals surface area contributed by atoms with Gasteiger partial charge in [0, 0.05) is 11.1 Å². The van der Waals surface area contributed by atoms with E-state index in [1.807, 2.05) is 13.0 Å². The summed E-state index contributed by atoms with van der Waals surface area (Å²) in [6.45, 7) is 1.88. The lowest BCUT2D eigenvalue weighted by atomic mass is 10.2. The molecule has 0 atom stereocenters. The number of ether oxygens (including phenoxy) is 1. The SMILES string of the molecule is Cc1ccc(Cl)cc1OCc1c(Cl)cccc1[N+](=O)[O-]. The molecule has 0 radical (unpaired) electrons. The largest absolute Gasteiger partial charge is 0.488 e. The van der Waals surface area contributed by atoms with Crippen molar-refractivity contribution in [1.29, 1.82) is 0 Å². The van der Waals surface area contributed by atoms with E-state index < -0.39 is 4.92 Å². The number of benzene rings is 2. The molecule has 0 bridgehead atoms. The maximum Gasteiger partial charge on any atom is 0.277 e. The van der Waals surface area contributed by atoms with Crippen molar-refractivity contribution in [2.24, 2.45) is 0 Å². The molecular formula is C14H11Cl2NO3. The quantitative estimate of drug-likeness (QED) is 0.602. The molecule has 2 rings (SSSR count). The molecule has 0 aliphatic heterocycles. The van der Waals surface area contributed by atoms with Gasteiger partial charge in [-0.15, -0.1) is 0 Å². The molecule has 0 amide bonds.